The maximum absolute atomic E-state index is 13.9. The molecule has 0 unspecified atom stereocenters. The number of benzene rings is 2. The lowest BCUT2D eigenvalue weighted by molar-refractivity contribution is -0.0907. The van der Waals surface area contributed by atoms with Gasteiger partial charge in [0.1, 0.15) is 18.5 Å². The van der Waals surface area contributed by atoms with Gasteiger partial charge in [0.25, 0.3) is 0 Å². The summed E-state index contributed by atoms with van der Waals surface area (Å²) in [6.45, 7) is 5.43. The molecule has 0 saturated carbocycles. The second-order valence-electron chi connectivity index (χ2n) is 12.5. The van der Waals surface area contributed by atoms with Crippen LogP contribution in [0.4, 0.5) is 4.79 Å². The Morgan fingerprint density at radius 1 is 1.12 bits per heavy atom. The summed E-state index contributed by atoms with van der Waals surface area (Å²) < 4.78 is 64.3. The average molecular weight is 687 g/mol. The van der Waals surface area contributed by atoms with Crippen LogP contribution in [0.5, 0.6) is 17.2 Å². The van der Waals surface area contributed by atoms with Crippen LogP contribution in [0.2, 0.25) is 0 Å². The summed E-state index contributed by atoms with van der Waals surface area (Å²) in [5.41, 5.74) is 0.793. The van der Waals surface area contributed by atoms with Crippen molar-refractivity contribution in [2.45, 2.75) is 62.7 Å². The number of sulfonamides is 1. The van der Waals surface area contributed by atoms with Gasteiger partial charge in [-0.05, 0) is 54.7 Å². The Labute approximate surface area is 279 Å². The van der Waals surface area contributed by atoms with E-state index in [9.17, 15) is 18.3 Å². The molecule has 6 rings (SSSR count). The molecule has 1 amide bonds. The Morgan fingerprint density at radius 3 is 2.71 bits per heavy atom. The van der Waals surface area contributed by atoms with Crippen molar-refractivity contribution in [3.05, 3.63) is 66.5 Å². The lowest BCUT2D eigenvalue weighted by atomic mass is 10.0. The van der Waals surface area contributed by atoms with Crippen molar-refractivity contribution in [3.63, 3.8) is 0 Å². The molecule has 3 aromatic rings. The predicted molar refractivity (Wildman–Crippen MR) is 171 cm³/mol. The van der Waals surface area contributed by atoms with E-state index in [0.29, 0.717) is 43.4 Å². The second kappa shape index (κ2) is 15.1. The molecule has 2 aromatic carbocycles. The summed E-state index contributed by atoms with van der Waals surface area (Å²) in [6, 6.07) is 12.7. The van der Waals surface area contributed by atoms with E-state index in [2.05, 4.69) is 10.4 Å². The maximum atomic E-state index is 13.9. The zero-order valence-electron chi connectivity index (χ0n) is 27.0. The zero-order valence-corrected chi connectivity index (χ0v) is 27.8. The standard InChI is InChI=1S/C33H42N4O10S/c1-22(2)18-37(48(40,41)25-8-9-29-30(17-25)46-21-45-29)19-28(38)27(35-33(39)47-31-20-44-32-26(31)10-14-43-32)16-23-4-6-24(7-5-23)42-15-13-36-12-3-11-34-36/h3-9,11-12,17,22,26-28,31-32,38H,10,13-16,18-21H2,1-2H3,(H,35,39)/t26-,27-,28+,31-,32+/m0/s1. The number of ether oxygens (including phenoxy) is 6. The van der Waals surface area contributed by atoms with Crippen molar-refractivity contribution < 1.29 is 46.7 Å². The number of carbonyl (C=O) groups is 1. The molecule has 48 heavy (non-hydrogen) atoms. The van der Waals surface area contributed by atoms with E-state index >= 15 is 0 Å². The topological polar surface area (TPSA) is 160 Å². The highest BCUT2D eigenvalue weighted by atomic mass is 32.2. The zero-order chi connectivity index (χ0) is 33.7. The summed E-state index contributed by atoms with van der Waals surface area (Å²) in [5, 5.41) is 18.6. The molecule has 2 saturated heterocycles. The fourth-order valence-electron chi connectivity index (χ4n) is 6.02. The van der Waals surface area contributed by atoms with Crippen LogP contribution < -0.4 is 19.5 Å². The van der Waals surface area contributed by atoms with Crippen molar-refractivity contribution in [3.8, 4) is 17.2 Å². The molecular formula is C33H42N4O10S. The van der Waals surface area contributed by atoms with Crippen LogP contribution in [0, 0.1) is 11.8 Å². The van der Waals surface area contributed by atoms with Gasteiger partial charge >= 0.3 is 6.09 Å². The Kier molecular flexibility index (Phi) is 10.7. The third kappa shape index (κ3) is 8.21. The van der Waals surface area contributed by atoms with E-state index in [1.165, 1.54) is 16.4 Å². The predicted octanol–water partition coefficient (Wildman–Crippen LogP) is 2.80. The van der Waals surface area contributed by atoms with Gasteiger partial charge in [0, 0.05) is 31.5 Å². The minimum absolute atomic E-state index is 0.0104. The molecule has 1 aromatic heterocycles. The van der Waals surface area contributed by atoms with E-state index in [1.54, 1.807) is 16.9 Å². The molecule has 0 aliphatic carbocycles. The molecule has 0 bridgehead atoms. The third-order valence-electron chi connectivity index (χ3n) is 8.48. The Morgan fingerprint density at radius 2 is 1.94 bits per heavy atom. The quantitative estimate of drug-likeness (QED) is 0.242. The average Bonchev–Trinajstić information content (AvgIpc) is 3.88. The van der Waals surface area contributed by atoms with E-state index < -0.39 is 40.7 Å². The van der Waals surface area contributed by atoms with Gasteiger partial charge in [0.05, 0.1) is 42.7 Å². The van der Waals surface area contributed by atoms with Gasteiger partial charge in [-0.1, -0.05) is 26.0 Å². The second-order valence-corrected chi connectivity index (χ2v) is 14.4. The number of nitrogens with one attached hydrogen (secondary N) is 1. The van der Waals surface area contributed by atoms with Gasteiger partial charge in [0.15, 0.2) is 17.8 Å². The van der Waals surface area contributed by atoms with Crippen LogP contribution in [0.15, 0.2) is 65.8 Å². The number of fused-ring (bicyclic) bond motifs is 2. The Balaban J connectivity index is 1.17. The number of nitrogens with zero attached hydrogens (tertiary/aromatic N) is 3. The lowest BCUT2D eigenvalue weighted by Crippen LogP contribution is -2.51. The van der Waals surface area contributed by atoms with E-state index in [4.69, 9.17) is 28.4 Å². The molecule has 0 radical (unpaired) electrons. The summed E-state index contributed by atoms with van der Waals surface area (Å²) in [5.74, 6) is 1.34. The molecule has 3 aliphatic heterocycles. The van der Waals surface area contributed by atoms with Gasteiger partial charge < -0.3 is 38.8 Å². The number of hydrogen-bond acceptors (Lipinski definition) is 11. The minimum Gasteiger partial charge on any atom is -0.492 e. The first-order chi connectivity index (χ1) is 23.2. The highest BCUT2D eigenvalue weighted by molar-refractivity contribution is 7.89. The van der Waals surface area contributed by atoms with Crippen LogP contribution in [-0.4, -0.2) is 97.9 Å². The first-order valence-electron chi connectivity index (χ1n) is 16.1. The molecule has 5 atom stereocenters. The SMILES string of the molecule is CC(C)CN(C[C@@H](O)[C@H](Cc1ccc(OCCn2cccn2)cc1)NC(=O)O[C@H]1CO[C@H]2OCC[C@H]21)S(=O)(=O)c1ccc2c(c1)OCO2. The van der Waals surface area contributed by atoms with Crippen molar-refractivity contribution in [1.82, 2.24) is 19.4 Å². The third-order valence-corrected chi connectivity index (χ3v) is 10.3. The van der Waals surface area contributed by atoms with E-state index in [0.717, 1.165) is 5.56 Å². The number of alkyl carbamates (subject to hydrolysis) is 1. The van der Waals surface area contributed by atoms with Gasteiger partial charge in [-0.2, -0.15) is 9.40 Å². The number of aromatic nitrogens is 2. The highest BCUT2D eigenvalue weighted by Crippen LogP contribution is 2.35. The van der Waals surface area contributed by atoms with Crippen molar-refractivity contribution >= 4 is 16.1 Å². The molecule has 260 valence electrons. The fourth-order valence-corrected chi connectivity index (χ4v) is 7.66. The first-order valence-corrected chi connectivity index (χ1v) is 17.6. The van der Waals surface area contributed by atoms with Crippen LogP contribution in [0.1, 0.15) is 25.8 Å². The number of hydrogen-bond donors (Lipinski definition) is 2. The van der Waals surface area contributed by atoms with Crippen molar-refractivity contribution in [2.75, 3.05) is 39.7 Å². The van der Waals surface area contributed by atoms with Crippen molar-refractivity contribution in [1.29, 1.82) is 0 Å². The number of amides is 1. The summed E-state index contributed by atoms with van der Waals surface area (Å²) in [6.07, 6.45) is 1.57. The van der Waals surface area contributed by atoms with Crippen LogP contribution in [0.25, 0.3) is 0 Å². The largest absolute Gasteiger partial charge is 0.492 e. The maximum Gasteiger partial charge on any atom is 0.407 e. The van der Waals surface area contributed by atoms with Crippen LogP contribution >= 0.6 is 0 Å². The summed E-state index contributed by atoms with van der Waals surface area (Å²) in [7, 11) is -4.07. The molecule has 2 N–H and O–H groups in total. The van der Waals surface area contributed by atoms with Gasteiger partial charge in [-0.3, -0.25) is 4.68 Å². The van der Waals surface area contributed by atoms with Gasteiger partial charge in [-0.15, -0.1) is 0 Å². The highest BCUT2D eigenvalue weighted by Gasteiger charge is 2.44. The van der Waals surface area contributed by atoms with Crippen LogP contribution in [-0.2, 0) is 37.2 Å². The minimum atomic E-state index is -4.07. The normalized spacial score (nSPS) is 21.3. The van der Waals surface area contributed by atoms with E-state index in [-0.39, 0.29) is 49.6 Å². The van der Waals surface area contributed by atoms with Crippen molar-refractivity contribution in [2.24, 2.45) is 11.8 Å². The Bertz CT molecular complexity index is 1620. The molecule has 3 aliphatic rings. The molecule has 2 fully saturated rings. The van der Waals surface area contributed by atoms with Crippen LogP contribution in [0.3, 0.4) is 0 Å². The number of aliphatic hydroxyl groups excluding tert-OH is 1. The summed E-state index contributed by atoms with van der Waals surface area (Å²) in [4.78, 5) is 13.2. The first kappa shape index (κ1) is 34.0. The summed E-state index contributed by atoms with van der Waals surface area (Å²) >= 11 is 0. The smallest absolute Gasteiger partial charge is 0.407 e. The van der Waals surface area contributed by atoms with Gasteiger partial charge in [-0.25, -0.2) is 13.2 Å². The molecule has 15 heteroatoms. The molecular weight excluding hydrogens is 644 g/mol. The number of aliphatic hydroxyl groups is 1. The fraction of sp³-hybridized carbons (Fsp3) is 0.515. The van der Waals surface area contributed by atoms with E-state index in [1.807, 2.05) is 50.4 Å². The lowest BCUT2D eigenvalue weighted by Gasteiger charge is -2.31. The number of rotatable bonds is 15. The molecule has 0 spiro atoms. The monoisotopic (exact) mass is 686 g/mol. The molecule has 4 heterocycles. The van der Waals surface area contributed by atoms with Gasteiger partial charge in [0.2, 0.25) is 16.8 Å². The number of carbonyl (C=O) groups excluding carboxylic acids is 1. The Hall–Kier alpha value is -3.89. The molecule has 14 nitrogen and oxygen atoms in total.